The minimum Gasteiger partial charge on any atom is -0.320 e. The highest BCUT2D eigenvalue weighted by Gasteiger charge is 2.42. The number of benzene rings is 2. The van der Waals surface area contributed by atoms with E-state index in [0.29, 0.717) is 30.9 Å². The van der Waals surface area contributed by atoms with Crippen LogP contribution in [0.15, 0.2) is 42.5 Å². The molecule has 25 heavy (non-hydrogen) atoms. The maximum Gasteiger partial charge on any atom is 0.148 e. The van der Waals surface area contributed by atoms with Crippen LogP contribution in [0.4, 0.5) is 25.8 Å². The van der Waals surface area contributed by atoms with Crippen LogP contribution in [-0.2, 0) is 0 Å². The molecule has 3 N–H and O–H groups in total. The van der Waals surface area contributed by atoms with Crippen LogP contribution in [0.3, 0.4) is 0 Å². The van der Waals surface area contributed by atoms with Crippen LogP contribution in [0.25, 0.3) is 0 Å². The van der Waals surface area contributed by atoms with E-state index in [0.717, 1.165) is 22.5 Å². The largest absolute Gasteiger partial charge is 0.320 e. The molecule has 5 nitrogen and oxygen atoms in total. The van der Waals surface area contributed by atoms with E-state index in [4.69, 9.17) is 0 Å². The number of hydrogen-bond donors (Lipinski definition) is 3. The fourth-order valence-corrected chi connectivity index (χ4v) is 4.57. The second-order valence-electron chi connectivity index (χ2n) is 5.43. The molecule has 0 bridgehead atoms. The molecule has 2 aromatic rings. The van der Waals surface area contributed by atoms with Gasteiger partial charge in [-0.15, -0.1) is 12.4 Å². The molecular formula is C16H20ClF2N3O2S. The lowest BCUT2D eigenvalue weighted by Crippen LogP contribution is -2.33. The van der Waals surface area contributed by atoms with Crippen molar-refractivity contribution in [2.45, 2.75) is 6.42 Å². The maximum atomic E-state index is 14.2. The Hall–Kier alpha value is -1.58. The van der Waals surface area contributed by atoms with Crippen LogP contribution < -0.4 is 13.9 Å². The number of nitrogens with zero attached hydrogens (tertiary/aromatic N) is 2. The number of anilines is 3. The summed E-state index contributed by atoms with van der Waals surface area (Å²) in [6.45, 7) is 1.07. The molecule has 0 unspecified atom stereocenters. The first-order valence-electron chi connectivity index (χ1n) is 7.51. The Morgan fingerprint density at radius 1 is 1.04 bits per heavy atom. The zero-order valence-corrected chi connectivity index (χ0v) is 15.2. The van der Waals surface area contributed by atoms with Crippen molar-refractivity contribution in [3.05, 3.63) is 54.1 Å². The average molecular weight is 392 g/mol. The second kappa shape index (κ2) is 7.76. The molecule has 0 saturated heterocycles. The molecule has 1 aliphatic rings. The van der Waals surface area contributed by atoms with Crippen LogP contribution in [0.5, 0.6) is 0 Å². The quantitative estimate of drug-likeness (QED) is 0.653. The van der Waals surface area contributed by atoms with Crippen molar-refractivity contribution in [1.29, 1.82) is 0 Å². The van der Waals surface area contributed by atoms with Gasteiger partial charge in [-0.25, -0.2) is 13.1 Å². The Kier molecular flexibility index (Phi) is 6.12. The number of halogens is 3. The Morgan fingerprint density at radius 2 is 1.72 bits per heavy atom. The maximum absolute atomic E-state index is 14.2. The van der Waals surface area contributed by atoms with Gasteiger partial charge in [-0.2, -0.15) is 0 Å². The summed E-state index contributed by atoms with van der Waals surface area (Å²) in [5, 5.41) is 3.00. The minimum atomic E-state index is -3.53. The van der Waals surface area contributed by atoms with E-state index >= 15 is 0 Å². The molecule has 0 spiro atoms. The standard InChI is InChI=1S/C16H19F2N3O2S.ClH/c1-19-9-4-10-20-14-5-2-3-6-15(14)21(24(20,22)23)16-11-12(17)7-8-13(16)18;/h2-3,5-8,11,19,22-23H,4,9-10H2,1H3;1H. The summed E-state index contributed by atoms with van der Waals surface area (Å²) in [6, 6.07) is 9.83. The first kappa shape index (κ1) is 19.7. The van der Waals surface area contributed by atoms with Crippen molar-refractivity contribution in [2.24, 2.45) is 0 Å². The fourth-order valence-electron chi connectivity index (χ4n) is 2.75. The zero-order valence-electron chi connectivity index (χ0n) is 13.5. The van der Waals surface area contributed by atoms with Crippen molar-refractivity contribution in [3.63, 3.8) is 0 Å². The molecule has 0 atom stereocenters. The minimum absolute atomic E-state index is 0. The van der Waals surface area contributed by atoms with Crippen LogP contribution in [0.1, 0.15) is 6.42 Å². The number of fused-ring (bicyclic) bond motifs is 1. The first-order chi connectivity index (χ1) is 11.5. The lowest BCUT2D eigenvalue weighted by atomic mass is 10.2. The molecule has 0 saturated carbocycles. The summed E-state index contributed by atoms with van der Waals surface area (Å²) < 4.78 is 52.0. The third kappa shape index (κ3) is 3.54. The van der Waals surface area contributed by atoms with Gasteiger partial charge in [-0.3, -0.25) is 13.4 Å². The molecule has 9 heteroatoms. The van der Waals surface area contributed by atoms with Crippen LogP contribution >= 0.6 is 23.4 Å². The molecule has 1 heterocycles. The van der Waals surface area contributed by atoms with Gasteiger partial charge in [0.05, 0.1) is 11.4 Å². The SMILES string of the molecule is CNCCCN1c2ccccc2N(c2cc(F)ccc2F)S1(O)O.Cl. The van der Waals surface area contributed by atoms with Gasteiger partial charge < -0.3 is 5.32 Å². The summed E-state index contributed by atoms with van der Waals surface area (Å²) >= 11 is 0. The van der Waals surface area contributed by atoms with Crippen molar-refractivity contribution >= 4 is 40.4 Å². The van der Waals surface area contributed by atoms with Crippen LogP contribution in [0, 0.1) is 11.6 Å². The molecule has 0 amide bonds. The predicted molar refractivity (Wildman–Crippen MR) is 101 cm³/mol. The summed E-state index contributed by atoms with van der Waals surface area (Å²) in [5.74, 6) is -1.36. The lowest BCUT2D eigenvalue weighted by Gasteiger charge is -2.43. The molecule has 2 aromatic carbocycles. The van der Waals surface area contributed by atoms with Gasteiger partial charge >= 0.3 is 0 Å². The van der Waals surface area contributed by atoms with Gasteiger partial charge in [0.25, 0.3) is 0 Å². The Bertz CT molecular complexity index is 751. The molecule has 0 radical (unpaired) electrons. The van der Waals surface area contributed by atoms with Gasteiger partial charge in [0, 0.05) is 12.6 Å². The normalized spacial score (nSPS) is 16.4. The number of hydrogen-bond acceptors (Lipinski definition) is 5. The summed E-state index contributed by atoms with van der Waals surface area (Å²) in [4.78, 5) is 0. The third-order valence-corrected chi connectivity index (χ3v) is 5.68. The highest BCUT2D eigenvalue weighted by molar-refractivity contribution is 8.27. The number of para-hydroxylation sites is 2. The smallest absolute Gasteiger partial charge is 0.148 e. The molecular weight excluding hydrogens is 372 g/mol. The summed E-state index contributed by atoms with van der Waals surface area (Å²) in [5.41, 5.74) is 0.822. The molecule has 138 valence electrons. The Labute approximate surface area is 153 Å². The van der Waals surface area contributed by atoms with E-state index in [1.54, 1.807) is 24.3 Å². The molecule has 3 rings (SSSR count). The fraction of sp³-hybridized carbons (Fsp3) is 0.250. The molecule has 0 aromatic heterocycles. The Balaban J connectivity index is 0.00000225. The van der Waals surface area contributed by atoms with Gasteiger partial charge in [0.15, 0.2) is 0 Å². The van der Waals surface area contributed by atoms with Gasteiger partial charge in [-0.1, -0.05) is 12.1 Å². The summed E-state index contributed by atoms with van der Waals surface area (Å²) in [7, 11) is -1.72. The summed E-state index contributed by atoms with van der Waals surface area (Å²) in [6.07, 6.45) is 0.667. The highest BCUT2D eigenvalue weighted by Crippen LogP contribution is 2.64. The van der Waals surface area contributed by atoms with Crippen molar-refractivity contribution in [3.8, 4) is 0 Å². The lowest BCUT2D eigenvalue weighted by molar-refractivity contribution is 0.482. The second-order valence-corrected chi connectivity index (χ2v) is 7.21. The number of nitrogens with one attached hydrogen (secondary N) is 1. The average Bonchev–Trinajstić information content (AvgIpc) is 2.77. The van der Waals surface area contributed by atoms with Crippen LogP contribution in [0.2, 0.25) is 0 Å². The van der Waals surface area contributed by atoms with Gasteiger partial charge in [-0.05, 0) is 55.2 Å². The van der Waals surface area contributed by atoms with Crippen LogP contribution in [-0.4, -0.2) is 29.2 Å². The predicted octanol–water partition coefficient (Wildman–Crippen LogP) is 4.53. The van der Waals surface area contributed by atoms with E-state index in [1.807, 2.05) is 7.05 Å². The molecule has 1 aliphatic heterocycles. The topological polar surface area (TPSA) is 59.0 Å². The van der Waals surface area contributed by atoms with E-state index in [2.05, 4.69) is 5.32 Å². The molecule has 0 fully saturated rings. The zero-order chi connectivity index (χ0) is 17.3. The van der Waals surface area contributed by atoms with Crippen molar-refractivity contribution in [1.82, 2.24) is 5.32 Å². The first-order valence-corrected chi connectivity index (χ1v) is 8.97. The van der Waals surface area contributed by atoms with Gasteiger partial charge in [0.2, 0.25) is 0 Å². The van der Waals surface area contributed by atoms with E-state index in [1.165, 1.54) is 4.31 Å². The molecule has 0 aliphatic carbocycles. The monoisotopic (exact) mass is 391 g/mol. The highest BCUT2D eigenvalue weighted by atomic mass is 35.5. The third-order valence-electron chi connectivity index (χ3n) is 3.82. The number of rotatable bonds is 5. The Morgan fingerprint density at radius 3 is 2.40 bits per heavy atom. The van der Waals surface area contributed by atoms with E-state index in [-0.39, 0.29) is 18.1 Å². The van der Waals surface area contributed by atoms with E-state index in [9.17, 15) is 17.9 Å². The van der Waals surface area contributed by atoms with Gasteiger partial charge in [0.1, 0.15) is 17.3 Å². The van der Waals surface area contributed by atoms with E-state index < -0.39 is 22.6 Å². The van der Waals surface area contributed by atoms with Crippen molar-refractivity contribution < 1.29 is 17.9 Å². The van der Waals surface area contributed by atoms with Crippen molar-refractivity contribution in [2.75, 3.05) is 28.7 Å².